The second-order valence-electron chi connectivity index (χ2n) is 4.07. The molecule has 84 valence electrons. The average molecular weight is 209 g/mol. The molecule has 1 aromatic heterocycles. The predicted octanol–water partition coefficient (Wildman–Crippen LogP) is 0.996. The van der Waals surface area contributed by atoms with E-state index >= 15 is 0 Å². The molecular weight excluding hydrogens is 190 g/mol. The van der Waals surface area contributed by atoms with Crippen molar-refractivity contribution in [3.8, 4) is 0 Å². The third kappa shape index (κ3) is 2.79. The summed E-state index contributed by atoms with van der Waals surface area (Å²) in [6, 6.07) is 0. The predicted molar refractivity (Wildman–Crippen MR) is 58.9 cm³/mol. The molecule has 1 aliphatic rings. The Labute approximate surface area is 90.6 Å². The number of rotatable bonds is 4. The fourth-order valence-electron chi connectivity index (χ4n) is 2.01. The van der Waals surface area contributed by atoms with Crippen LogP contribution in [-0.2, 0) is 11.3 Å². The van der Waals surface area contributed by atoms with Crippen molar-refractivity contribution in [3.63, 3.8) is 0 Å². The SMILES string of the molecule is COCCn1cnc(C2CCCNC2)c1. The molecule has 0 amide bonds. The number of piperidine rings is 1. The van der Waals surface area contributed by atoms with E-state index in [4.69, 9.17) is 4.74 Å². The van der Waals surface area contributed by atoms with Crippen molar-refractivity contribution in [1.29, 1.82) is 0 Å². The second-order valence-corrected chi connectivity index (χ2v) is 4.07. The monoisotopic (exact) mass is 209 g/mol. The molecule has 0 saturated carbocycles. The molecule has 2 heterocycles. The molecule has 1 fully saturated rings. The summed E-state index contributed by atoms with van der Waals surface area (Å²) in [5, 5.41) is 3.41. The van der Waals surface area contributed by atoms with Crippen molar-refractivity contribution in [1.82, 2.24) is 14.9 Å². The highest BCUT2D eigenvalue weighted by molar-refractivity contribution is 5.06. The fraction of sp³-hybridized carbons (Fsp3) is 0.727. The van der Waals surface area contributed by atoms with Crippen LogP contribution in [0.15, 0.2) is 12.5 Å². The van der Waals surface area contributed by atoms with Gasteiger partial charge in [-0.2, -0.15) is 0 Å². The van der Waals surface area contributed by atoms with Crippen LogP contribution in [0.3, 0.4) is 0 Å². The van der Waals surface area contributed by atoms with Gasteiger partial charge < -0.3 is 14.6 Å². The van der Waals surface area contributed by atoms with Crippen LogP contribution in [0, 0.1) is 0 Å². The number of nitrogens with one attached hydrogen (secondary N) is 1. The van der Waals surface area contributed by atoms with Crippen LogP contribution < -0.4 is 5.32 Å². The lowest BCUT2D eigenvalue weighted by Crippen LogP contribution is -2.28. The number of hydrogen-bond donors (Lipinski definition) is 1. The molecule has 4 heteroatoms. The molecule has 0 bridgehead atoms. The van der Waals surface area contributed by atoms with Crippen molar-refractivity contribution in [2.24, 2.45) is 0 Å². The van der Waals surface area contributed by atoms with E-state index in [1.807, 2.05) is 6.33 Å². The summed E-state index contributed by atoms with van der Waals surface area (Å²) in [5.74, 6) is 0.600. The summed E-state index contributed by atoms with van der Waals surface area (Å²) in [5.41, 5.74) is 1.22. The Kier molecular flexibility index (Phi) is 3.75. The van der Waals surface area contributed by atoms with Gasteiger partial charge in [0.05, 0.1) is 18.6 Å². The van der Waals surface area contributed by atoms with Gasteiger partial charge in [-0.1, -0.05) is 0 Å². The molecular formula is C11H19N3O. The number of methoxy groups -OCH3 is 1. The van der Waals surface area contributed by atoms with Crippen molar-refractivity contribution in [2.45, 2.75) is 25.3 Å². The maximum absolute atomic E-state index is 5.04. The minimum Gasteiger partial charge on any atom is -0.383 e. The Hall–Kier alpha value is -0.870. The summed E-state index contributed by atoms with van der Waals surface area (Å²) >= 11 is 0. The number of nitrogens with zero attached hydrogens (tertiary/aromatic N) is 2. The largest absolute Gasteiger partial charge is 0.383 e. The highest BCUT2D eigenvalue weighted by Gasteiger charge is 2.16. The normalized spacial score (nSPS) is 21.8. The van der Waals surface area contributed by atoms with E-state index in [1.54, 1.807) is 7.11 Å². The van der Waals surface area contributed by atoms with Crippen LogP contribution in [-0.4, -0.2) is 36.4 Å². The maximum atomic E-state index is 5.04. The van der Waals surface area contributed by atoms with Gasteiger partial charge in [-0.05, 0) is 19.4 Å². The smallest absolute Gasteiger partial charge is 0.0950 e. The zero-order chi connectivity index (χ0) is 10.5. The second kappa shape index (κ2) is 5.28. The van der Waals surface area contributed by atoms with Crippen LogP contribution in [0.2, 0.25) is 0 Å². The molecule has 0 spiro atoms. The Morgan fingerprint density at radius 3 is 3.33 bits per heavy atom. The van der Waals surface area contributed by atoms with Gasteiger partial charge in [-0.3, -0.25) is 0 Å². The molecule has 0 aromatic carbocycles. The van der Waals surface area contributed by atoms with Crippen molar-refractivity contribution < 1.29 is 4.74 Å². The average Bonchev–Trinajstić information content (AvgIpc) is 2.76. The molecule has 0 aliphatic carbocycles. The van der Waals surface area contributed by atoms with Gasteiger partial charge >= 0.3 is 0 Å². The summed E-state index contributed by atoms with van der Waals surface area (Å²) in [6.07, 6.45) is 6.57. The van der Waals surface area contributed by atoms with Crippen molar-refractivity contribution in [2.75, 3.05) is 26.8 Å². The molecule has 1 unspecified atom stereocenters. The molecule has 15 heavy (non-hydrogen) atoms. The van der Waals surface area contributed by atoms with E-state index < -0.39 is 0 Å². The van der Waals surface area contributed by atoms with Gasteiger partial charge in [0.2, 0.25) is 0 Å². The quantitative estimate of drug-likeness (QED) is 0.804. The third-order valence-corrected chi connectivity index (χ3v) is 2.92. The first kappa shape index (κ1) is 10.6. The van der Waals surface area contributed by atoms with E-state index in [-0.39, 0.29) is 0 Å². The van der Waals surface area contributed by atoms with Crippen LogP contribution in [0.1, 0.15) is 24.5 Å². The third-order valence-electron chi connectivity index (χ3n) is 2.92. The van der Waals surface area contributed by atoms with Crippen molar-refractivity contribution in [3.05, 3.63) is 18.2 Å². The van der Waals surface area contributed by atoms with Gasteiger partial charge in [0.15, 0.2) is 0 Å². The fourth-order valence-corrected chi connectivity index (χ4v) is 2.01. The molecule has 1 saturated heterocycles. The Balaban J connectivity index is 1.93. The zero-order valence-corrected chi connectivity index (χ0v) is 9.28. The first-order valence-corrected chi connectivity index (χ1v) is 5.61. The topological polar surface area (TPSA) is 39.1 Å². The van der Waals surface area contributed by atoms with E-state index in [1.165, 1.54) is 18.5 Å². The molecule has 1 aromatic rings. The summed E-state index contributed by atoms with van der Waals surface area (Å²) in [4.78, 5) is 4.46. The van der Waals surface area contributed by atoms with Gasteiger partial charge in [0.1, 0.15) is 0 Å². The van der Waals surface area contributed by atoms with Crippen molar-refractivity contribution >= 4 is 0 Å². The summed E-state index contributed by atoms with van der Waals surface area (Å²) in [7, 11) is 1.73. The van der Waals surface area contributed by atoms with Gasteiger partial charge in [-0.25, -0.2) is 4.98 Å². The minimum atomic E-state index is 0.600. The number of aromatic nitrogens is 2. The molecule has 2 rings (SSSR count). The highest BCUT2D eigenvalue weighted by atomic mass is 16.5. The van der Waals surface area contributed by atoms with E-state index in [9.17, 15) is 0 Å². The minimum absolute atomic E-state index is 0.600. The molecule has 4 nitrogen and oxygen atoms in total. The Morgan fingerprint density at radius 1 is 1.67 bits per heavy atom. The van der Waals surface area contributed by atoms with Crippen LogP contribution in [0.5, 0.6) is 0 Å². The van der Waals surface area contributed by atoms with Crippen LogP contribution in [0.4, 0.5) is 0 Å². The standard InChI is InChI=1S/C11H19N3O/c1-15-6-5-14-8-11(13-9-14)10-3-2-4-12-7-10/h8-10,12H,2-7H2,1H3. The van der Waals surface area contributed by atoms with Gasteiger partial charge in [0, 0.05) is 32.3 Å². The molecule has 0 radical (unpaired) electrons. The molecule has 1 N–H and O–H groups in total. The Morgan fingerprint density at radius 2 is 2.60 bits per heavy atom. The summed E-state index contributed by atoms with van der Waals surface area (Å²) < 4.78 is 7.14. The lowest BCUT2D eigenvalue weighted by atomic mass is 9.97. The molecule has 1 aliphatic heterocycles. The van der Waals surface area contributed by atoms with Gasteiger partial charge in [-0.15, -0.1) is 0 Å². The Bertz CT molecular complexity index is 292. The van der Waals surface area contributed by atoms with Crippen LogP contribution in [0.25, 0.3) is 0 Å². The van der Waals surface area contributed by atoms with Crippen LogP contribution >= 0.6 is 0 Å². The summed E-state index contributed by atoms with van der Waals surface area (Å²) in [6.45, 7) is 3.87. The lowest BCUT2D eigenvalue weighted by Gasteiger charge is -2.20. The zero-order valence-electron chi connectivity index (χ0n) is 9.28. The first-order chi connectivity index (χ1) is 7.40. The lowest BCUT2D eigenvalue weighted by molar-refractivity contribution is 0.187. The van der Waals surface area contributed by atoms with Gasteiger partial charge in [0.25, 0.3) is 0 Å². The number of ether oxygens (including phenoxy) is 1. The number of hydrogen-bond acceptors (Lipinski definition) is 3. The van der Waals surface area contributed by atoms with E-state index in [0.717, 1.165) is 26.2 Å². The number of imidazole rings is 1. The highest BCUT2D eigenvalue weighted by Crippen LogP contribution is 2.21. The molecule has 1 atom stereocenters. The van der Waals surface area contributed by atoms with E-state index in [0.29, 0.717) is 5.92 Å². The first-order valence-electron chi connectivity index (χ1n) is 5.61. The maximum Gasteiger partial charge on any atom is 0.0950 e. The van der Waals surface area contributed by atoms with E-state index in [2.05, 4.69) is 21.1 Å².